The van der Waals surface area contributed by atoms with Crippen LogP contribution in [0.2, 0.25) is 0 Å². The first-order valence-electron chi connectivity index (χ1n) is 6.41. The molecule has 0 unspecified atom stereocenters. The van der Waals surface area contributed by atoms with Crippen molar-refractivity contribution in [3.05, 3.63) is 24.3 Å². The average Bonchev–Trinajstić information content (AvgIpc) is 2.81. The standard InChI is InChI=1S/C14H21NO2S/c1-11-14(6-9-18-11)15-7-8-17-13-5-3-4-12(10-13)16-2/h3-5,10-11,14-15H,6-9H2,1-2H3/t11-,14-/m1/s1. The monoisotopic (exact) mass is 267 g/mol. The van der Waals surface area contributed by atoms with Crippen LogP contribution in [0.25, 0.3) is 0 Å². The van der Waals surface area contributed by atoms with Gasteiger partial charge in [0.15, 0.2) is 0 Å². The van der Waals surface area contributed by atoms with Crippen molar-refractivity contribution in [2.75, 3.05) is 26.0 Å². The quantitative estimate of drug-likeness (QED) is 0.803. The van der Waals surface area contributed by atoms with Crippen LogP contribution in [-0.2, 0) is 0 Å². The molecule has 0 aromatic heterocycles. The topological polar surface area (TPSA) is 30.5 Å². The third-order valence-electron chi connectivity index (χ3n) is 3.19. The summed E-state index contributed by atoms with van der Waals surface area (Å²) < 4.78 is 10.9. The van der Waals surface area contributed by atoms with Gasteiger partial charge in [0.25, 0.3) is 0 Å². The minimum absolute atomic E-state index is 0.643. The molecule has 1 heterocycles. The van der Waals surface area contributed by atoms with Crippen molar-refractivity contribution >= 4 is 11.8 Å². The molecule has 1 saturated heterocycles. The Hall–Kier alpha value is -0.870. The molecule has 4 heteroatoms. The number of nitrogens with one attached hydrogen (secondary N) is 1. The fraction of sp³-hybridized carbons (Fsp3) is 0.571. The second-order valence-corrected chi connectivity index (χ2v) is 5.94. The highest BCUT2D eigenvalue weighted by Crippen LogP contribution is 2.25. The van der Waals surface area contributed by atoms with Crippen molar-refractivity contribution < 1.29 is 9.47 Å². The van der Waals surface area contributed by atoms with E-state index in [1.54, 1.807) is 7.11 Å². The van der Waals surface area contributed by atoms with Crippen molar-refractivity contribution in [2.45, 2.75) is 24.6 Å². The van der Waals surface area contributed by atoms with E-state index in [0.717, 1.165) is 23.3 Å². The molecule has 1 aliphatic rings. The minimum Gasteiger partial charge on any atom is -0.497 e. The molecular formula is C14H21NO2S. The number of hydrogen-bond acceptors (Lipinski definition) is 4. The molecule has 1 fully saturated rings. The zero-order valence-corrected chi connectivity index (χ0v) is 11.8. The maximum atomic E-state index is 5.69. The summed E-state index contributed by atoms with van der Waals surface area (Å²) in [6, 6.07) is 8.37. The van der Waals surface area contributed by atoms with E-state index in [1.807, 2.05) is 36.0 Å². The van der Waals surface area contributed by atoms with Crippen LogP contribution in [0.4, 0.5) is 0 Å². The minimum atomic E-state index is 0.643. The van der Waals surface area contributed by atoms with E-state index in [-0.39, 0.29) is 0 Å². The summed E-state index contributed by atoms with van der Waals surface area (Å²) in [5.74, 6) is 2.97. The molecule has 0 saturated carbocycles. The maximum absolute atomic E-state index is 5.69. The van der Waals surface area contributed by atoms with Gasteiger partial charge in [-0.1, -0.05) is 13.0 Å². The number of ether oxygens (including phenoxy) is 2. The molecule has 0 bridgehead atoms. The first-order chi connectivity index (χ1) is 8.79. The molecule has 100 valence electrons. The van der Waals surface area contributed by atoms with Gasteiger partial charge in [0.1, 0.15) is 18.1 Å². The third-order valence-corrected chi connectivity index (χ3v) is 4.52. The van der Waals surface area contributed by atoms with Gasteiger partial charge < -0.3 is 14.8 Å². The van der Waals surface area contributed by atoms with Gasteiger partial charge >= 0.3 is 0 Å². The Morgan fingerprint density at radius 2 is 2.22 bits per heavy atom. The lowest BCUT2D eigenvalue weighted by Gasteiger charge is -2.16. The molecule has 1 aromatic rings. The predicted molar refractivity (Wildman–Crippen MR) is 76.8 cm³/mol. The highest BCUT2D eigenvalue weighted by Gasteiger charge is 2.22. The normalized spacial score (nSPS) is 23.0. The molecule has 0 aliphatic carbocycles. The number of methoxy groups -OCH3 is 1. The molecule has 18 heavy (non-hydrogen) atoms. The van der Waals surface area contributed by atoms with Crippen molar-refractivity contribution in [2.24, 2.45) is 0 Å². The van der Waals surface area contributed by atoms with Crippen molar-refractivity contribution in [1.29, 1.82) is 0 Å². The summed E-state index contributed by atoms with van der Waals surface area (Å²) in [4.78, 5) is 0. The van der Waals surface area contributed by atoms with E-state index < -0.39 is 0 Å². The smallest absolute Gasteiger partial charge is 0.123 e. The number of rotatable bonds is 6. The molecular weight excluding hydrogens is 246 g/mol. The Bertz CT molecular complexity index is 373. The lowest BCUT2D eigenvalue weighted by molar-refractivity contribution is 0.302. The SMILES string of the molecule is COc1cccc(OCCN[C@@H]2CCS[C@@H]2C)c1. The molecule has 1 N–H and O–H groups in total. The van der Waals surface area contributed by atoms with Gasteiger partial charge in [0, 0.05) is 23.9 Å². The molecule has 3 nitrogen and oxygen atoms in total. The Labute approximate surface area is 113 Å². The summed E-state index contributed by atoms with van der Waals surface area (Å²) in [5, 5.41) is 4.28. The highest BCUT2D eigenvalue weighted by molar-refractivity contribution is 8.00. The van der Waals surface area contributed by atoms with Gasteiger partial charge in [0.2, 0.25) is 0 Å². The van der Waals surface area contributed by atoms with Gasteiger partial charge in [-0.25, -0.2) is 0 Å². The summed E-state index contributed by atoms with van der Waals surface area (Å²) in [7, 11) is 1.67. The zero-order valence-electron chi connectivity index (χ0n) is 11.0. The molecule has 0 amide bonds. The first-order valence-corrected chi connectivity index (χ1v) is 7.46. The van der Waals surface area contributed by atoms with E-state index in [2.05, 4.69) is 12.2 Å². The van der Waals surface area contributed by atoms with Crippen LogP contribution in [0.15, 0.2) is 24.3 Å². The first kappa shape index (κ1) is 13.6. The Balaban J connectivity index is 1.68. The fourth-order valence-corrected chi connectivity index (χ4v) is 3.33. The van der Waals surface area contributed by atoms with Crippen molar-refractivity contribution in [3.8, 4) is 11.5 Å². The van der Waals surface area contributed by atoms with Crippen LogP contribution in [0, 0.1) is 0 Å². The van der Waals surface area contributed by atoms with E-state index in [1.165, 1.54) is 12.2 Å². The number of hydrogen-bond donors (Lipinski definition) is 1. The van der Waals surface area contributed by atoms with E-state index >= 15 is 0 Å². The van der Waals surface area contributed by atoms with Crippen LogP contribution in [0.1, 0.15) is 13.3 Å². The molecule has 1 aliphatic heterocycles. The maximum Gasteiger partial charge on any atom is 0.123 e. The lowest BCUT2D eigenvalue weighted by Crippen LogP contribution is -2.36. The molecule has 2 rings (SSSR count). The van der Waals surface area contributed by atoms with E-state index in [0.29, 0.717) is 12.6 Å². The third kappa shape index (κ3) is 3.82. The number of thioether (sulfide) groups is 1. The summed E-state index contributed by atoms with van der Waals surface area (Å²) in [5.41, 5.74) is 0. The van der Waals surface area contributed by atoms with Crippen LogP contribution in [-0.4, -0.2) is 37.3 Å². The Morgan fingerprint density at radius 1 is 1.39 bits per heavy atom. The van der Waals surface area contributed by atoms with Crippen molar-refractivity contribution in [1.82, 2.24) is 5.32 Å². The summed E-state index contributed by atoms with van der Waals surface area (Å²) in [6.07, 6.45) is 1.27. The molecule has 1 aromatic carbocycles. The predicted octanol–water partition coefficient (Wildman–Crippen LogP) is 2.56. The largest absolute Gasteiger partial charge is 0.497 e. The highest BCUT2D eigenvalue weighted by atomic mass is 32.2. The molecule has 0 radical (unpaired) electrons. The van der Waals surface area contributed by atoms with E-state index in [4.69, 9.17) is 9.47 Å². The van der Waals surface area contributed by atoms with Crippen LogP contribution in [0.5, 0.6) is 11.5 Å². The number of benzene rings is 1. The van der Waals surface area contributed by atoms with Crippen LogP contribution < -0.4 is 14.8 Å². The second-order valence-electron chi connectivity index (χ2n) is 4.45. The van der Waals surface area contributed by atoms with Crippen LogP contribution >= 0.6 is 11.8 Å². The summed E-state index contributed by atoms with van der Waals surface area (Å²) in [6.45, 7) is 3.88. The van der Waals surface area contributed by atoms with Gasteiger partial charge in [-0.05, 0) is 24.3 Å². The Morgan fingerprint density at radius 3 is 2.94 bits per heavy atom. The van der Waals surface area contributed by atoms with Crippen LogP contribution in [0.3, 0.4) is 0 Å². The fourth-order valence-electron chi connectivity index (χ4n) is 2.10. The van der Waals surface area contributed by atoms with Gasteiger partial charge in [-0.3, -0.25) is 0 Å². The lowest BCUT2D eigenvalue weighted by atomic mass is 10.2. The zero-order chi connectivity index (χ0) is 12.8. The Kier molecular flexibility index (Phi) is 5.20. The van der Waals surface area contributed by atoms with Gasteiger partial charge in [0.05, 0.1) is 7.11 Å². The van der Waals surface area contributed by atoms with Gasteiger partial charge in [-0.2, -0.15) is 11.8 Å². The molecule has 0 spiro atoms. The molecule has 2 atom stereocenters. The average molecular weight is 267 g/mol. The van der Waals surface area contributed by atoms with Gasteiger partial charge in [-0.15, -0.1) is 0 Å². The second kappa shape index (κ2) is 6.90. The summed E-state index contributed by atoms with van der Waals surface area (Å²) >= 11 is 2.04. The van der Waals surface area contributed by atoms with Crippen molar-refractivity contribution in [3.63, 3.8) is 0 Å². The van der Waals surface area contributed by atoms with E-state index in [9.17, 15) is 0 Å².